The van der Waals surface area contributed by atoms with Gasteiger partial charge in [0.25, 0.3) is 0 Å². The van der Waals surface area contributed by atoms with Crippen LogP contribution in [0.1, 0.15) is 43.7 Å². The fraction of sp³-hybridized carbons (Fsp3) is 0.381. The predicted octanol–water partition coefficient (Wildman–Crippen LogP) is 3.02. The van der Waals surface area contributed by atoms with Gasteiger partial charge in [0.05, 0.1) is 5.52 Å². The van der Waals surface area contributed by atoms with Crippen molar-refractivity contribution < 1.29 is 4.79 Å². The van der Waals surface area contributed by atoms with Gasteiger partial charge in [-0.25, -0.2) is 9.78 Å². The summed E-state index contributed by atoms with van der Waals surface area (Å²) in [7, 11) is 0. The summed E-state index contributed by atoms with van der Waals surface area (Å²) in [6.45, 7) is 0.460. The lowest BCUT2D eigenvalue weighted by Crippen LogP contribution is -2.34. The Hall–Kier alpha value is -2.89. The largest absolute Gasteiger partial charge is 0.350 e. The molecule has 0 unspecified atom stereocenters. The second-order valence-corrected chi connectivity index (χ2v) is 7.14. The molecule has 3 aromatic rings. The molecule has 1 aliphatic rings. The number of fused-ring (bicyclic) bond motifs is 1. The Balaban J connectivity index is 1.59. The van der Waals surface area contributed by atoms with Crippen molar-refractivity contribution in [3.8, 4) is 0 Å². The standard InChI is InChI=1S/C21H24N4O2/c26-19(23-14-16-8-3-1-4-9-16)15-24-18-12-7-13-22-20(18)25(21(24)27)17-10-5-2-6-11-17/h1,3-4,7-9,12-13,17H,2,5-6,10-11,14-15H2,(H,23,26). The van der Waals surface area contributed by atoms with Crippen molar-refractivity contribution in [2.75, 3.05) is 0 Å². The molecule has 6 nitrogen and oxygen atoms in total. The SMILES string of the molecule is O=C(Cn1c(=O)n(C2CCCCC2)c2ncccc21)NCc1ccccc1. The molecule has 6 heteroatoms. The molecule has 1 saturated carbocycles. The molecule has 1 aromatic carbocycles. The summed E-state index contributed by atoms with van der Waals surface area (Å²) < 4.78 is 3.36. The maximum absolute atomic E-state index is 13.1. The van der Waals surface area contributed by atoms with E-state index in [2.05, 4.69) is 10.3 Å². The zero-order valence-corrected chi connectivity index (χ0v) is 15.3. The van der Waals surface area contributed by atoms with Crippen LogP contribution in [0, 0.1) is 0 Å². The van der Waals surface area contributed by atoms with Crippen molar-refractivity contribution in [2.24, 2.45) is 0 Å². The number of hydrogen-bond acceptors (Lipinski definition) is 3. The topological polar surface area (TPSA) is 68.9 Å². The Morgan fingerprint density at radius 2 is 1.85 bits per heavy atom. The van der Waals surface area contributed by atoms with Crippen LogP contribution < -0.4 is 11.0 Å². The van der Waals surface area contributed by atoms with Crippen LogP contribution in [-0.4, -0.2) is 20.0 Å². The van der Waals surface area contributed by atoms with E-state index in [-0.39, 0.29) is 24.2 Å². The highest BCUT2D eigenvalue weighted by atomic mass is 16.2. The Morgan fingerprint density at radius 1 is 1.07 bits per heavy atom. The lowest BCUT2D eigenvalue weighted by molar-refractivity contribution is -0.121. The molecular weight excluding hydrogens is 340 g/mol. The molecule has 140 valence electrons. The van der Waals surface area contributed by atoms with Crippen LogP contribution in [0.25, 0.3) is 11.2 Å². The number of nitrogens with one attached hydrogen (secondary N) is 1. The molecule has 0 spiro atoms. The highest BCUT2D eigenvalue weighted by Gasteiger charge is 2.23. The Labute approximate surface area is 157 Å². The molecule has 27 heavy (non-hydrogen) atoms. The molecule has 0 saturated heterocycles. The van der Waals surface area contributed by atoms with Gasteiger partial charge in [-0.05, 0) is 30.5 Å². The fourth-order valence-corrected chi connectivity index (χ4v) is 3.93. The van der Waals surface area contributed by atoms with E-state index in [4.69, 9.17) is 0 Å². The number of hydrogen-bond donors (Lipinski definition) is 1. The number of carbonyl (C=O) groups is 1. The fourth-order valence-electron chi connectivity index (χ4n) is 3.93. The number of carbonyl (C=O) groups excluding carboxylic acids is 1. The number of rotatable bonds is 5. The minimum Gasteiger partial charge on any atom is -0.350 e. The van der Waals surface area contributed by atoms with E-state index in [1.54, 1.807) is 15.3 Å². The molecule has 2 heterocycles. The normalized spacial score (nSPS) is 15.1. The summed E-state index contributed by atoms with van der Waals surface area (Å²) in [5, 5.41) is 2.90. The van der Waals surface area contributed by atoms with Crippen LogP contribution in [0.2, 0.25) is 0 Å². The minimum absolute atomic E-state index is 0.00752. The lowest BCUT2D eigenvalue weighted by atomic mass is 9.95. The van der Waals surface area contributed by atoms with Crippen molar-refractivity contribution in [1.29, 1.82) is 0 Å². The smallest absolute Gasteiger partial charge is 0.331 e. The minimum atomic E-state index is -0.174. The molecule has 0 bridgehead atoms. The maximum Gasteiger partial charge on any atom is 0.331 e. The Morgan fingerprint density at radius 3 is 2.63 bits per heavy atom. The Kier molecular flexibility index (Phi) is 5.05. The summed E-state index contributed by atoms with van der Waals surface area (Å²) in [5.74, 6) is -0.174. The summed E-state index contributed by atoms with van der Waals surface area (Å²) >= 11 is 0. The molecular formula is C21H24N4O2. The van der Waals surface area contributed by atoms with E-state index in [1.807, 2.05) is 42.5 Å². The molecule has 1 amide bonds. The highest BCUT2D eigenvalue weighted by molar-refractivity contribution is 5.79. The highest BCUT2D eigenvalue weighted by Crippen LogP contribution is 2.29. The average Bonchev–Trinajstić information content (AvgIpc) is 2.99. The van der Waals surface area contributed by atoms with Gasteiger partial charge in [0.2, 0.25) is 5.91 Å². The van der Waals surface area contributed by atoms with Gasteiger partial charge in [-0.3, -0.25) is 13.9 Å². The molecule has 4 rings (SSSR count). The van der Waals surface area contributed by atoms with E-state index in [1.165, 1.54) is 6.42 Å². The van der Waals surface area contributed by atoms with E-state index in [0.29, 0.717) is 12.2 Å². The van der Waals surface area contributed by atoms with Crippen molar-refractivity contribution in [3.05, 3.63) is 64.7 Å². The van der Waals surface area contributed by atoms with Gasteiger partial charge in [-0.2, -0.15) is 0 Å². The molecule has 0 atom stereocenters. The van der Waals surface area contributed by atoms with Crippen LogP contribution >= 0.6 is 0 Å². The first-order valence-electron chi connectivity index (χ1n) is 9.60. The van der Waals surface area contributed by atoms with Gasteiger partial charge in [-0.15, -0.1) is 0 Å². The molecule has 1 fully saturated rings. The first kappa shape index (κ1) is 17.5. The Bertz CT molecular complexity index is 984. The number of benzene rings is 1. The van der Waals surface area contributed by atoms with Crippen molar-refractivity contribution >= 4 is 17.1 Å². The van der Waals surface area contributed by atoms with E-state index in [0.717, 1.165) is 36.8 Å². The number of pyridine rings is 1. The maximum atomic E-state index is 13.1. The molecule has 0 aliphatic heterocycles. The van der Waals surface area contributed by atoms with E-state index >= 15 is 0 Å². The molecule has 1 aliphatic carbocycles. The third kappa shape index (κ3) is 3.65. The quantitative estimate of drug-likeness (QED) is 0.757. The van der Waals surface area contributed by atoms with Crippen LogP contribution in [0.5, 0.6) is 0 Å². The van der Waals surface area contributed by atoms with Crippen molar-refractivity contribution in [2.45, 2.75) is 51.2 Å². The number of amides is 1. The third-order valence-electron chi connectivity index (χ3n) is 5.30. The molecule has 2 aromatic heterocycles. The molecule has 1 N–H and O–H groups in total. The predicted molar refractivity (Wildman–Crippen MR) is 104 cm³/mol. The van der Waals surface area contributed by atoms with Crippen molar-refractivity contribution in [1.82, 2.24) is 19.4 Å². The number of nitrogens with zero attached hydrogens (tertiary/aromatic N) is 3. The van der Waals surface area contributed by atoms with Crippen molar-refractivity contribution in [3.63, 3.8) is 0 Å². The zero-order chi connectivity index (χ0) is 18.6. The third-order valence-corrected chi connectivity index (χ3v) is 5.30. The van der Waals surface area contributed by atoms with Gasteiger partial charge in [0.15, 0.2) is 5.65 Å². The summed E-state index contributed by atoms with van der Waals surface area (Å²) in [6, 6.07) is 13.6. The second kappa shape index (κ2) is 7.78. The van der Waals surface area contributed by atoms with Crippen LogP contribution in [0.3, 0.4) is 0 Å². The summed E-state index contributed by atoms with van der Waals surface area (Å²) in [5.41, 5.74) is 2.31. The van der Waals surface area contributed by atoms with Gasteiger partial charge in [-0.1, -0.05) is 49.6 Å². The van der Waals surface area contributed by atoms with E-state index in [9.17, 15) is 9.59 Å². The van der Waals surface area contributed by atoms with Gasteiger partial charge < -0.3 is 5.32 Å². The number of imidazole rings is 1. The van der Waals surface area contributed by atoms with Crippen LogP contribution in [0.15, 0.2) is 53.5 Å². The summed E-state index contributed by atoms with van der Waals surface area (Å²) in [4.78, 5) is 30.0. The lowest BCUT2D eigenvalue weighted by Gasteiger charge is -2.22. The van der Waals surface area contributed by atoms with Crippen LogP contribution in [-0.2, 0) is 17.9 Å². The average molecular weight is 364 g/mol. The number of aromatic nitrogens is 3. The molecule has 0 radical (unpaired) electrons. The second-order valence-electron chi connectivity index (χ2n) is 7.14. The summed E-state index contributed by atoms with van der Waals surface area (Å²) in [6.07, 6.45) is 7.19. The van der Waals surface area contributed by atoms with Gasteiger partial charge in [0.1, 0.15) is 6.54 Å². The first-order valence-corrected chi connectivity index (χ1v) is 9.60. The monoisotopic (exact) mass is 364 g/mol. The van der Waals surface area contributed by atoms with Gasteiger partial charge >= 0.3 is 5.69 Å². The first-order chi connectivity index (χ1) is 13.2. The van der Waals surface area contributed by atoms with E-state index < -0.39 is 0 Å². The zero-order valence-electron chi connectivity index (χ0n) is 15.3. The van der Waals surface area contributed by atoms with Gasteiger partial charge in [0, 0.05) is 18.8 Å². The van der Waals surface area contributed by atoms with Crippen LogP contribution in [0.4, 0.5) is 0 Å².